The van der Waals surface area contributed by atoms with Crippen molar-refractivity contribution in [1.82, 2.24) is 14.8 Å². The SMILES string of the molecule is CCOC(=O)C1=C(C)N(CCN2CCOCC2)C(C)=C(C(=O)OCC)C1c1cccc(-c2cccnc2)c1. The molecule has 0 spiro atoms. The van der Waals surface area contributed by atoms with Crippen molar-refractivity contribution in [3.05, 3.63) is 76.9 Å². The summed E-state index contributed by atoms with van der Waals surface area (Å²) in [6.07, 6.45) is 3.53. The first-order valence-corrected chi connectivity index (χ1v) is 13.3. The van der Waals surface area contributed by atoms with Gasteiger partial charge in [0.15, 0.2) is 0 Å². The zero-order chi connectivity index (χ0) is 27.1. The molecule has 3 heterocycles. The van der Waals surface area contributed by atoms with Gasteiger partial charge in [0.05, 0.1) is 43.5 Å². The summed E-state index contributed by atoms with van der Waals surface area (Å²) in [6, 6.07) is 11.8. The third-order valence-corrected chi connectivity index (χ3v) is 7.12. The first kappa shape index (κ1) is 27.5. The number of carbonyl (C=O) groups is 2. The molecule has 8 heteroatoms. The van der Waals surface area contributed by atoms with Crippen LogP contribution in [0.1, 0.15) is 39.2 Å². The highest BCUT2D eigenvalue weighted by Gasteiger charge is 2.40. The predicted molar refractivity (Wildman–Crippen MR) is 145 cm³/mol. The Bertz CT molecular complexity index is 1160. The quantitative estimate of drug-likeness (QED) is 0.457. The van der Waals surface area contributed by atoms with Crippen LogP contribution in [0.25, 0.3) is 11.1 Å². The standard InChI is InChI=1S/C30H37N3O5/c1-5-37-29(34)26-21(3)33(14-13-32-15-17-36-18-16-32)22(4)27(30(35)38-6-2)28(26)24-10-7-9-23(19-24)25-11-8-12-31-20-25/h7-12,19-20,28H,5-6,13-18H2,1-4H3. The van der Waals surface area contributed by atoms with Gasteiger partial charge in [-0.25, -0.2) is 9.59 Å². The fourth-order valence-corrected chi connectivity index (χ4v) is 5.22. The average molecular weight is 520 g/mol. The van der Waals surface area contributed by atoms with E-state index in [2.05, 4.69) is 14.8 Å². The molecule has 0 N–H and O–H groups in total. The largest absolute Gasteiger partial charge is 0.463 e. The zero-order valence-corrected chi connectivity index (χ0v) is 22.7. The molecule has 1 aromatic heterocycles. The number of ether oxygens (including phenoxy) is 3. The van der Waals surface area contributed by atoms with E-state index in [0.717, 1.165) is 47.7 Å². The van der Waals surface area contributed by atoms with Crippen LogP contribution in [-0.2, 0) is 23.8 Å². The summed E-state index contributed by atoms with van der Waals surface area (Å²) in [5.41, 5.74) is 5.24. The lowest BCUT2D eigenvalue weighted by Gasteiger charge is -2.39. The van der Waals surface area contributed by atoms with Crippen LogP contribution in [-0.4, -0.2) is 79.3 Å². The van der Waals surface area contributed by atoms with Crippen LogP contribution < -0.4 is 0 Å². The minimum atomic E-state index is -0.621. The molecule has 0 aliphatic carbocycles. The Labute approximate surface area is 224 Å². The molecule has 4 rings (SSSR count). The number of esters is 2. The van der Waals surface area contributed by atoms with Gasteiger partial charge < -0.3 is 19.1 Å². The highest BCUT2D eigenvalue weighted by atomic mass is 16.5. The van der Waals surface area contributed by atoms with E-state index >= 15 is 0 Å². The number of pyridine rings is 1. The lowest BCUT2D eigenvalue weighted by atomic mass is 9.79. The van der Waals surface area contributed by atoms with E-state index in [-0.39, 0.29) is 13.2 Å². The van der Waals surface area contributed by atoms with E-state index in [1.54, 1.807) is 26.2 Å². The molecule has 0 radical (unpaired) electrons. The third-order valence-electron chi connectivity index (χ3n) is 7.12. The second-order valence-electron chi connectivity index (χ2n) is 9.34. The maximum Gasteiger partial charge on any atom is 0.336 e. The Kier molecular flexibility index (Phi) is 9.31. The fourth-order valence-electron chi connectivity index (χ4n) is 5.22. The molecule has 0 amide bonds. The molecule has 0 unspecified atom stereocenters. The van der Waals surface area contributed by atoms with Gasteiger partial charge in [0.25, 0.3) is 0 Å². The maximum absolute atomic E-state index is 13.5. The summed E-state index contributed by atoms with van der Waals surface area (Å²) < 4.78 is 16.6. The molecule has 2 aliphatic rings. The van der Waals surface area contributed by atoms with Crippen molar-refractivity contribution in [3.63, 3.8) is 0 Å². The average Bonchev–Trinajstić information content (AvgIpc) is 2.94. The summed E-state index contributed by atoms with van der Waals surface area (Å²) in [7, 11) is 0. The van der Waals surface area contributed by atoms with Gasteiger partial charge in [-0.1, -0.05) is 30.3 Å². The van der Waals surface area contributed by atoms with E-state index in [0.29, 0.717) is 30.9 Å². The summed E-state index contributed by atoms with van der Waals surface area (Å²) in [5, 5.41) is 0. The van der Waals surface area contributed by atoms with E-state index in [1.165, 1.54) is 0 Å². The van der Waals surface area contributed by atoms with Crippen LogP contribution in [0.2, 0.25) is 0 Å². The van der Waals surface area contributed by atoms with Crippen LogP contribution in [0.4, 0.5) is 0 Å². The minimum absolute atomic E-state index is 0.239. The number of allylic oxidation sites excluding steroid dienone is 2. The maximum atomic E-state index is 13.5. The van der Waals surface area contributed by atoms with Gasteiger partial charge in [0.1, 0.15) is 0 Å². The Hall–Kier alpha value is -3.49. The normalized spacial score (nSPS) is 17.1. The lowest BCUT2D eigenvalue weighted by Crippen LogP contribution is -2.43. The van der Waals surface area contributed by atoms with Gasteiger partial charge in [-0.3, -0.25) is 9.88 Å². The van der Waals surface area contributed by atoms with Gasteiger partial charge in [-0.05, 0) is 50.5 Å². The van der Waals surface area contributed by atoms with E-state index < -0.39 is 17.9 Å². The lowest BCUT2D eigenvalue weighted by molar-refractivity contribution is -0.139. The fraction of sp³-hybridized carbons (Fsp3) is 0.433. The van der Waals surface area contributed by atoms with Gasteiger partial charge in [0, 0.05) is 50.0 Å². The van der Waals surface area contributed by atoms with Gasteiger partial charge >= 0.3 is 11.9 Å². The topological polar surface area (TPSA) is 81.2 Å². The zero-order valence-electron chi connectivity index (χ0n) is 22.7. The number of aromatic nitrogens is 1. The Morgan fingerprint density at radius 2 is 1.55 bits per heavy atom. The summed E-state index contributed by atoms with van der Waals surface area (Å²) in [5.74, 6) is -1.47. The second-order valence-corrected chi connectivity index (χ2v) is 9.34. The Morgan fingerprint density at radius 1 is 0.921 bits per heavy atom. The summed E-state index contributed by atoms with van der Waals surface area (Å²) in [6.45, 7) is 12.5. The smallest absolute Gasteiger partial charge is 0.336 e. The van der Waals surface area contributed by atoms with E-state index in [9.17, 15) is 9.59 Å². The molecule has 1 fully saturated rings. The summed E-state index contributed by atoms with van der Waals surface area (Å²) >= 11 is 0. The molecule has 0 atom stereocenters. The van der Waals surface area contributed by atoms with Gasteiger partial charge in [0.2, 0.25) is 0 Å². The van der Waals surface area contributed by atoms with Crippen molar-refractivity contribution in [1.29, 1.82) is 0 Å². The van der Waals surface area contributed by atoms with Crippen LogP contribution in [0.3, 0.4) is 0 Å². The number of morpholine rings is 1. The monoisotopic (exact) mass is 519 g/mol. The third kappa shape index (κ3) is 5.97. The van der Waals surface area contributed by atoms with E-state index in [4.69, 9.17) is 14.2 Å². The Morgan fingerprint density at radius 3 is 2.13 bits per heavy atom. The van der Waals surface area contributed by atoms with E-state index in [1.807, 2.05) is 50.2 Å². The molecule has 0 bridgehead atoms. The molecule has 2 aliphatic heterocycles. The van der Waals surface area contributed by atoms with Crippen LogP contribution in [0.15, 0.2) is 71.3 Å². The van der Waals surface area contributed by atoms with Crippen LogP contribution in [0, 0.1) is 0 Å². The highest BCUT2D eigenvalue weighted by molar-refractivity contribution is 6.00. The molecule has 8 nitrogen and oxygen atoms in total. The van der Waals surface area contributed by atoms with Crippen LogP contribution in [0.5, 0.6) is 0 Å². The molecular formula is C30H37N3O5. The van der Waals surface area contributed by atoms with Crippen molar-refractivity contribution in [3.8, 4) is 11.1 Å². The molecule has 2 aromatic rings. The number of carbonyl (C=O) groups excluding carboxylic acids is 2. The first-order chi connectivity index (χ1) is 18.5. The Balaban J connectivity index is 1.82. The number of rotatable bonds is 9. The molecular weight excluding hydrogens is 482 g/mol. The number of benzene rings is 1. The van der Waals surface area contributed by atoms with Gasteiger partial charge in [-0.2, -0.15) is 0 Å². The molecule has 38 heavy (non-hydrogen) atoms. The second kappa shape index (κ2) is 12.8. The molecule has 1 aromatic carbocycles. The number of hydrogen-bond donors (Lipinski definition) is 0. The number of nitrogens with zero attached hydrogens (tertiary/aromatic N) is 3. The van der Waals surface area contributed by atoms with Crippen molar-refractivity contribution in [2.75, 3.05) is 52.6 Å². The first-order valence-electron chi connectivity index (χ1n) is 13.3. The van der Waals surface area contributed by atoms with Crippen molar-refractivity contribution >= 4 is 11.9 Å². The highest BCUT2D eigenvalue weighted by Crippen LogP contribution is 2.43. The number of hydrogen-bond acceptors (Lipinski definition) is 8. The molecule has 0 saturated carbocycles. The van der Waals surface area contributed by atoms with Crippen molar-refractivity contribution < 1.29 is 23.8 Å². The van der Waals surface area contributed by atoms with Crippen LogP contribution >= 0.6 is 0 Å². The van der Waals surface area contributed by atoms with Crippen molar-refractivity contribution in [2.24, 2.45) is 0 Å². The summed E-state index contributed by atoms with van der Waals surface area (Å²) in [4.78, 5) is 35.7. The van der Waals surface area contributed by atoms with Crippen molar-refractivity contribution in [2.45, 2.75) is 33.6 Å². The molecule has 1 saturated heterocycles. The minimum Gasteiger partial charge on any atom is -0.463 e. The van der Waals surface area contributed by atoms with Gasteiger partial charge in [-0.15, -0.1) is 0 Å². The molecule has 202 valence electrons. The predicted octanol–water partition coefficient (Wildman–Crippen LogP) is 4.15.